The van der Waals surface area contributed by atoms with Crippen molar-refractivity contribution in [1.82, 2.24) is 9.55 Å². The second-order valence-corrected chi connectivity index (χ2v) is 5.60. The fourth-order valence-electron chi connectivity index (χ4n) is 2.74. The summed E-state index contributed by atoms with van der Waals surface area (Å²) in [6.45, 7) is 0. The summed E-state index contributed by atoms with van der Waals surface area (Å²) in [6.07, 6.45) is 1.96. The third-order valence-electron chi connectivity index (χ3n) is 3.93. The van der Waals surface area contributed by atoms with Gasteiger partial charge in [-0.2, -0.15) is 4.98 Å². The van der Waals surface area contributed by atoms with Crippen molar-refractivity contribution in [3.05, 3.63) is 78.7 Å². The monoisotopic (exact) mass is 318 g/mol. The first kappa shape index (κ1) is 14.5. The van der Waals surface area contributed by atoms with E-state index in [9.17, 15) is 4.39 Å². The highest BCUT2D eigenvalue weighted by atomic mass is 19.1. The lowest BCUT2D eigenvalue weighted by Gasteiger charge is -2.11. The number of rotatable bonds is 3. The molecule has 0 aliphatic heterocycles. The topological polar surface area (TPSA) is 27.1 Å². The zero-order valence-corrected chi connectivity index (χ0v) is 13.1. The molecular formula is C20H15FN2O. The van der Waals surface area contributed by atoms with Crippen molar-refractivity contribution in [3.63, 3.8) is 0 Å². The standard InChI is InChI=1S/C20H15FN2O/c1-23-12-11-14-9-10-19(22-20(14)23)24-18-8-3-2-7-17(18)15-5-4-6-16(21)13-15/h2-13H,1H3. The molecule has 0 bridgehead atoms. The number of benzene rings is 2. The van der Waals surface area contributed by atoms with Crippen LogP contribution in [0.2, 0.25) is 0 Å². The molecule has 2 aromatic heterocycles. The molecule has 0 radical (unpaired) electrons. The molecule has 0 fully saturated rings. The predicted octanol–water partition coefficient (Wildman–Crippen LogP) is 5.17. The minimum Gasteiger partial charge on any atom is -0.438 e. The number of ether oxygens (including phenoxy) is 1. The minimum absolute atomic E-state index is 0.273. The number of hydrogen-bond donors (Lipinski definition) is 0. The van der Waals surface area contributed by atoms with Gasteiger partial charge in [-0.15, -0.1) is 0 Å². The van der Waals surface area contributed by atoms with Gasteiger partial charge in [0.25, 0.3) is 0 Å². The summed E-state index contributed by atoms with van der Waals surface area (Å²) in [4.78, 5) is 4.55. The Morgan fingerprint density at radius 3 is 2.71 bits per heavy atom. The van der Waals surface area contributed by atoms with Crippen LogP contribution >= 0.6 is 0 Å². The Labute approximate surface area is 139 Å². The lowest BCUT2D eigenvalue weighted by molar-refractivity contribution is 0.466. The molecule has 0 aliphatic rings. The largest absolute Gasteiger partial charge is 0.438 e. The van der Waals surface area contributed by atoms with Crippen LogP contribution in [0.15, 0.2) is 72.9 Å². The SMILES string of the molecule is Cn1ccc2ccc(Oc3ccccc3-c3cccc(F)c3)nc21. The summed E-state index contributed by atoms with van der Waals surface area (Å²) in [6, 6.07) is 19.9. The summed E-state index contributed by atoms with van der Waals surface area (Å²) in [5.41, 5.74) is 2.45. The van der Waals surface area contributed by atoms with Crippen LogP contribution in [0.5, 0.6) is 11.6 Å². The Hall–Kier alpha value is -3.14. The van der Waals surface area contributed by atoms with Gasteiger partial charge in [-0.05, 0) is 35.9 Å². The van der Waals surface area contributed by atoms with Gasteiger partial charge in [0.2, 0.25) is 5.88 Å². The van der Waals surface area contributed by atoms with E-state index < -0.39 is 0 Å². The van der Waals surface area contributed by atoms with E-state index >= 15 is 0 Å². The molecule has 2 aromatic carbocycles. The van der Waals surface area contributed by atoms with Crippen LogP contribution in [0.3, 0.4) is 0 Å². The van der Waals surface area contributed by atoms with E-state index in [-0.39, 0.29) is 5.82 Å². The average molecular weight is 318 g/mol. The Kier molecular flexibility index (Phi) is 3.50. The summed E-state index contributed by atoms with van der Waals surface area (Å²) < 4.78 is 21.5. The highest BCUT2D eigenvalue weighted by molar-refractivity contribution is 5.77. The number of para-hydroxylation sites is 1. The first-order chi connectivity index (χ1) is 11.7. The number of aryl methyl sites for hydroxylation is 1. The summed E-state index contributed by atoms with van der Waals surface area (Å²) in [7, 11) is 1.94. The van der Waals surface area contributed by atoms with Crippen molar-refractivity contribution < 1.29 is 9.13 Å². The van der Waals surface area contributed by atoms with E-state index in [1.165, 1.54) is 12.1 Å². The molecule has 24 heavy (non-hydrogen) atoms. The molecular weight excluding hydrogens is 303 g/mol. The van der Waals surface area contributed by atoms with Crippen LogP contribution in [0, 0.1) is 5.82 Å². The Morgan fingerprint density at radius 1 is 0.958 bits per heavy atom. The van der Waals surface area contributed by atoms with Crippen molar-refractivity contribution >= 4 is 11.0 Å². The third kappa shape index (κ3) is 2.63. The molecule has 0 saturated carbocycles. The van der Waals surface area contributed by atoms with Crippen LogP contribution < -0.4 is 4.74 Å². The molecule has 0 N–H and O–H groups in total. The van der Waals surface area contributed by atoms with Crippen molar-refractivity contribution in [1.29, 1.82) is 0 Å². The number of fused-ring (bicyclic) bond motifs is 1. The second kappa shape index (κ2) is 5.81. The molecule has 4 aromatic rings. The number of halogens is 1. The van der Waals surface area contributed by atoms with Crippen LogP contribution in [0.4, 0.5) is 4.39 Å². The Morgan fingerprint density at radius 2 is 1.83 bits per heavy atom. The molecule has 0 saturated heterocycles. The van der Waals surface area contributed by atoms with Gasteiger partial charge in [0.15, 0.2) is 0 Å². The van der Waals surface area contributed by atoms with E-state index in [1.807, 2.05) is 66.3 Å². The molecule has 0 aliphatic carbocycles. The third-order valence-corrected chi connectivity index (χ3v) is 3.93. The number of aromatic nitrogens is 2. The van der Waals surface area contributed by atoms with Crippen LogP contribution in [0.1, 0.15) is 0 Å². The van der Waals surface area contributed by atoms with Gasteiger partial charge in [0, 0.05) is 30.3 Å². The number of hydrogen-bond acceptors (Lipinski definition) is 2. The Bertz CT molecular complexity index is 1020. The highest BCUT2D eigenvalue weighted by Gasteiger charge is 2.09. The number of nitrogens with zero attached hydrogens (tertiary/aromatic N) is 2. The van der Waals surface area contributed by atoms with Crippen LogP contribution in [-0.2, 0) is 7.05 Å². The molecule has 0 amide bonds. The smallest absolute Gasteiger partial charge is 0.221 e. The predicted molar refractivity (Wildman–Crippen MR) is 92.6 cm³/mol. The van der Waals surface area contributed by atoms with Gasteiger partial charge in [-0.1, -0.05) is 30.3 Å². The van der Waals surface area contributed by atoms with Gasteiger partial charge in [-0.3, -0.25) is 0 Å². The molecule has 2 heterocycles. The summed E-state index contributed by atoms with van der Waals surface area (Å²) in [5.74, 6) is 0.878. The van der Waals surface area contributed by atoms with Gasteiger partial charge in [0.05, 0.1) is 0 Å². The van der Waals surface area contributed by atoms with Gasteiger partial charge >= 0.3 is 0 Å². The maximum absolute atomic E-state index is 13.5. The molecule has 3 nitrogen and oxygen atoms in total. The van der Waals surface area contributed by atoms with Gasteiger partial charge in [0.1, 0.15) is 17.2 Å². The molecule has 4 heteroatoms. The highest BCUT2D eigenvalue weighted by Crippen LogP contribution is 2.33. The van der Waals surface area contributed by atoms with E-state index in [0.717, 1.165) is 22.2 Å². The van der Waals surface area contributed by atoms with Crippen molar-refractivity contribution in [2.45, 2.75) is 0 Å². The maximum atomic E-state index is 13.5. The molecule has 4 rings (SSSR count). The zero-order valence-electron chi connectivity index (χ0n) is 13.1. The molecule has 0 unspecified atom stereocenters. The molecule has 118 valence electrons. The van der Waals surface area contributed by atoms with E-state index in [1.54, 1.807) is 6.07 Å². The van der Waals surface area contributed by atoms with Crippen LogP contribution in [-0.4, -0.2) is 9.55 Å². The van der Waals surface area contributed by atoms with E-state index in [4.69, 9.17) is 4.74 Å². The fourth-order valence-corrected chi connectivity index (χ4v) is 2.74. The number of pyridine rings is 1. The van der Waals surface area contributed by atoms with Gasteiger partial charge < -0.3 is 9.30 Å². The fraction of sp³-hybridized carbons (Fsp3) is 0.0500. The lowest BCUT2D eigenvalue weighted by atomic mass is 10.0. The van der Waals surface area contributed by atoms with E-state index in [0.29, 0.717) is 11.6 Å². The minimum atomic E-state index is -0.273. The Balaban J connectivity index is 1.75. The van der Waals surface area contributed by atoms with Crippen molar-refractivity contribution in [2.24, 2.45) is 7.05 Å². The van der Waals surface area contributed by atoms with Gasteiger partial charge in [-0.25, -0.2) is 4.39 Å². The summed E-state index contributed by atoms with van der Waals surface area (Å²) in [5, 5.41) is 1.06. The van der Waals surface area contributed by atoms with Crippen molar-refractivity contribution in [2.75, 3.05) is 0 Å². The molecule has 0 spiro atoms. The maximum Gasteiger partial charge on any atom is 0.221 e. The first-order valence-electron chi connectivity index (χ1n) is 7.65. The van der Waals surface area contributed by atoms with Crippen LogP contribution in [0.25, 0.3) is 22.2 Å². The normalized spacial score (nSPS) is 10.9. The van der Waals surface area contributed by atoms with Crippen molar-refractivity contribution in [3.8, 4) is 22.8 Å². The second-order valence-electron chi connectivity index (χ2n) is 5.60. The average Bonchev–Trinajstić information content (AvgIpc) is 2.96. The first-order valence-corrected chi connectivity index (χ1v) is 7.65. The summed E-state index contributed by atoms with van der Waals surface area (Å²) >= 11 is 0. The zero-order chi connectivity index (χ0) is 16.5. The lowest BCUT2D eigenvalue weighted by Crippen LogP contribution is -1.93. The van der Waals surface area contributed by atoms with E-state index in [2.05, 4.69) is 4.98 Å². The molecule has 0 atom stereocenters. The quantitative estimate of drug-likeness (QED) is 0.521.